The van der Waals surface area contributed by atoms with Gasteiger partial charge in [-0.15, -0.1) is 0 Å². The number of rotatable bonds is 3. The summed E-state index contributed by atoms with van der Waals surface area (Å²) in [6.45, 7) is 6.65. The first-order valence-electron chi connectivity index (χ1n) is 12.8. The average Bonchev–Trinajstić information content (AvgIpc) is 3.47. The lowest BCUT2D eigenvalue weighted by molar-refractivity contribution is -0.232. The van der Waals surface area contributed by atoms with Gasteiger partial charge in [-0.3, -0.25) is 9.59 Å². The van der Waals surface area contributed by atoms with E-state index in [2.05, 4.69) is 5.16 Å². The highest BCUT2D eigenvalue weighted by molar-refractivity contribution is 8.13. The molecule has 0 bridgehead atoms. The van der Waals surface area contributed by atoms with Crippen LogP contribution in [0.5, 0.6) is 0 Å². The summed E-state index contributed by atoms with van der Waals surface area (Å²) < 4.78 is 64.6. The van der Waals surface area contributed by atoms with Crippen LogP contribution in [0, 0.1) is 36.5 Å². The molecule has 5 aliphatic rings. The van der Waals surface area contributed by atoms with Gasteiger partial charge in [0, 0.05) is 16.7 Å². The van der Waals surface area contributed by atoms with Crippen LogP contribution in [0.1, 0.15) is 56.4 Å². The van der Waals surface area contributed by atoms with Gasteiger partial charge in [0.2, 0.25) is 5.12 Å². The number of ether oxygens (including phenoxy) is 2. The highest BCUT2D eigenvalue weighted by Gasteiger charge is 2.80. The normalized spacial score (nSPS) is 47.3. The van der Waals surface area contributed by atoms with Crippen LogP contribution < -0.4 is 0 Å². The van der Waals surface area contributed by atoms with Gasteiger partial charge in [-0.1, -0.05) is 29.9 Å². The van der Waals surface area contributed by atoms with E-state index < -0.39 is 75.5 Å². The van der Waals surface area contributed by atoms with Crippen LogP contribution in [0.4, 0.5) is 13.2 Å². The molecule has 6 rings (SSSR count). The number of aliphatic hydroxyl groups is 1. The zero-order valence-electron chi connectivity index (χ0n) is 21.5. The van der Waals surface area contributed by atoms with Gasteiger partial charge in [0.05, 0.1) is 23.5 Å². The van der Waals surface area contributed by atoms with Crippen LogP contribution in [0.25, 0.3) is 0 Å². The van der Waals surface area contributed by atoms with Crippen molar-refractivity contribution in [3.8, 4) is 0 Å². The second-order valence-corrected chi connectivity index (χ2v) is 12.6. The number of fused-ring (bicyclic) bond motifs is 7. The first-order chi connectivity index (χ1) is 17.8. The Bertz CT molecular complexity index is 1260. The molecule has 1 aromatic rings. The number of thioether (sulfide) groups is 1. The van der Waals surface area contributed by atoms with Crippen molar-refractivity contribution < 1.29 is 41.9 Å². The van der Waals surface area contributed by atoms with E-state index in [1.807, 2.05) is 0 Å². The smallest absolute Gasteiger partial charge is 0.226 e. The number of aliphatic hydroxyl groups excluding tert-OH is 1. The van der Waals surface area contributed by atoms with Crippen molar-refractivity contribution in [2.75, 3.05) is 6.01 Å². The SMILES string of the molecule is Cc1noc(C)c1C1O[C@@H]2C[C@H]3[C@@H]4C[C@H](F)C5=CC(=O)C=C[C@]5(C)[C@@]4(F)[C@@H](O)C[C@]3(C)[C@]2(C(=O)SCF)O1. The maximum atomic E-state index is 17.4. The molecule has 1 saturated heterocycles. The molecule has 4 fully saturated rings. The molecule has 7 nitrogen and oxygen atoms in total. The van der Waals surface area contributed by atoms with Crippen LogP contribution in [0.2, 0.25) is 0 Å². The molecule has 0 amide bonds. The molecule has 4 aliphatic carbocycles. The predicted octanol–water partition coefficient (Wildman–Crippen LogP) is 4.56. The van der Waals surface area contributed by atoms with E-state index >= 15 is 8.78 Å². The fourth-order valence-corrected chi connectivity index (χ4v) is 9.14. The topological polar surface area (TPSA) is 98.9 Å². The first-order valence-corrected chi connectivity index (χ1v) is 13.8. The molecule has 3 saturated carbocycles. The van der Waals surface area contributed by atoms with E-state index in [4.69, 9.17) is 14.0 Å². The van der Waals surface area contributed by atoms with Crippen molar-refractivity contribution in [3.05, 3.63) is 40.8 Å². The van der Waals surface area contributed by atoms with Crippen molar-refractivity contribution in [2.24, 2.45) is 22.7 Å². The molecule has 0 aromatic carbocycles. The third-order valence-electron chi connectivity index (χ3n) is 10.2. The Morgan fingerprint density at radius 1 is 1.26 bits per heavy atom. The average molecular weight is 554 g/mol. The summed E-state index contributed by atoms with van der Waals surface area (Å²) in [4.78, 5) is 25.7. The lowest BCUT2D eigenvalue weighted by Crippen LogP contribution is -2.70. The highest BCUT2D eigenvalue weighted by Crippen LogP contribution is 2.73. The summed E-state index contributed by atoms with van der Waals surface area (Å²) in [6.07, 6.45) is -1.73. The van der Waals surface area contributed by atoms with Crippen molar-refractivity contribution in [2.45, 2.75) is 82.9 Å². The quantitative estimate of drug-likeness (QED) is 0.582. The number of carbonyl (C=O) groups is 2. The molecule has 11 heteroatoms. The molecule has 1 aliphatic heterocycles. The Morgan fingerprint density at radius 2 is 2.00 bits per heavy atom. The number of carbonyl (C=O) groups excluding carboxylic acids is 2. The third kappa shape index (κ3) is 2.96. The maximum Gasteiger partial charge on any atom is 0.226 e. The minimum atomic E-state index is -2.31. The Kier molecular flexibility index (Phi) is 5.73. The number of hydrogen-bond donors (Lipinski definition) is 1. The Labute approximate surface area is 222 Å². The molecule has 1 unspecified atom stereocenters. The minimum absolute atomic E-state index is 0.0225. The van der Waals surface area contributed by atoms with Gasteiger partial charge >= 0.3 is 0 Å². The highest BCUT2D eigenvalue weighted by atomic mass is 32.2. The molecular weight excluding hydrogens is 523 g/mol. The molecule has 0 spiro atoms. The fourth-order valence-electron chi connectivity index (χ4n) is 8.41. The summed E-state index contributed by atoms with van der Waals surface area (Å²) in [5.41, 5.74) is -5.70. The van der Waals surface area contributed by atoms with E-state index in [0.29, 0.717) is 28.8 Å². The number of aryl methyl sites for hydroxylation is 2. The maximum absolute atomic E-state index is 17.4. The summed E-state index contributed by atoms with van der Waals surface area (Å²) in [5, 5.41) is 14.9. The van der Waals surface area contributed by atoms with Crippen molar-refractivity contribution in [1.82, 2.24) is 5.16 Å². The summed E-state index contributed by atoms with van der Waals surface area (Å²) >= 11 is 0.449. The van der Waals surface area contributed by atoms with Gasteiger partial charge in [0.25, 0.3) is 0 Å². The van der Waals surface area contributed by atoms with Crippen LogP contribution >= 0.6 is 11.8 Å². The molecule has 206 valence electrons. The summed E-state index contributed by atoms with van der Waals surface area (Å²) in [6, 6.07) is -0.996. The summed E-state index contributed by atoms with van der Waals surface area (Å²) in [7, 11) is 0. The number of halogens is 3. The second kappa shape index (κ2) is 8.28. The van der Waals surface area contributed by atoms with Gasteiger partial charge in [0.1, 0.15) is 17.9 Å². The number of aromatic nitrogens is 1. The Morgan fingerprint density at radius 3 is 2.66 bits per heavy atom. The lowest BCUT2D eigenvalue weighted by Gasteiger charge is -2.63. The van der Waals surface area contributed by atoms with Crippen LogP contribution in [-0.2, 0) is 19.1 Å². The number of alkyl halides is 3. The molecule has 38 heavy (non-hydrogen) atoms. The molecule has 1 aromatic heterocycles. The number of allylic oxidation sites excluding steroid dienone is 4. The van der Waals surface area contributed by atoms with E-state index in [1.54, 1.807) is 20.8 Å². The molecule has 2 heterocycles. The second-order valence-electron chi connectivity index (χ2n) is 11.7. The number of hydrogen-bond acceptors (Lipinski definition) is 8. The van der Waals surface area contributed by atoms with Crippen molar-refractivity contribution in [1.29, 1.82) is 0 Å². The van der Waals surface area contributed by atoms with Crippen LogP contribution in [0.3, 0.4) is 0 Å². The van der Waals surface area contributed by atoms with Crippen molar-refractivity contribution >= 4 is 22.7 Å². The zero-order valence-corrected chi connectivity index (χ0v) is 22.3. The molecule has 1 N–H and O–H groups in total. The van der Waals surface area contributed by atoms with Gasteiger partial charge < -0.3 is 19.1 Å². The first kappa shape index (κ1) is 26.3. The number of ketones is 1. The molecule has 10 atom stereocenters. The van der Waals surface area contributed by atoms with E-state index in [1.165, 1.54) is 19.1 Å². The van der Waals surface area contributed by atoms with E-state index in [9.17, 15) is 19.1 Å². The van der Waals surface area contributed by atoms with Gasteiger partial charge in [-0.2, -0.15) is 0 Å². The number of nitrogens with zero attached hydrogens (tertiary/aromatic N) is 1. The minimum Gasteiger partial charge on any atom is -0.390 e. The molecule has 0 radical (unpaired) electrons. The third-order valence-corrected chi connectivity index (χ3v) is 10.9. The predicted molar refractivity (Wildman–Crippen MR) is 130 cm³/mol. The largest absolute Gasteiger partial charge is 0.390 e. The fraction of sp³-hybridized carbons (Fsp3) is 0.667. The van der Waals surface area contributed by atoms with Gasteiger partial charge in [-0.25, -0.2) is 13.2 Å². The van der Waals surface area contributed by atoms with Crippen LogP contribution in [-0.4, -0.2) is 56.8 Å². The van der Waals surface area contributed by atoms with Crippen molar-refractivity contribution in [3.63, 3.8) is 0 Å². The Balaban J connectivity index is 1.46. The lowest BCUT2D eigenvalue weighted by atomic mass is 9.44. The van der Waals surface area contributed by atoms with E-state index in [0.717, 1.165) is 6.08 Å². The van der Waals surface area contributed by atoms with Crippen LogP contribution in [0.15, 0.2) is 28.3 Å². The molecular formula is C27H30F3NO6S. The monoisotopic (exact) mass is 553 g/mol. The zero-order chi connectivity index (χ0) is 27.4. The summed E-state index contributed by atoms with van der Waals surface area (Å²) in [5.74, 6) is -1.62. The standard InChI is InChI=1S/C27H30F3NO6S/c1-12-21(13(2)37-31-12)22-35-20-9-15-16-8-18(29)17-7-14(32)5-6-24(17,3)26(16,30)19(33)10-25(15,4)27(20,36-22)23(34)38-11-28/h5-7,15-16,18-20,22,33H,8-11H2,1-4H3/t15-,16-,18-,19-,20+,22?,24-,25-,26-,27-/m0/s1. The van der Waals surface area contributed by atoms with Gasteiger partial charge in [-0.05, 0) is 63.7 Å². The Hall–Kier alpha value is -1.95. The van der Waals surface area contributed by atoms with E-state index in [-0.39, 0.29) is 24.8 Å². The van der Waals surface area contributed by atoms with Gasteiger partial charge in [0.15, 0.2) is 23.3 Å².